The summed E-state index contributed by atoms with van der Waals surface area (Å²) in [6.07, 6.45) is 0. The van der Waals surface area contributed by atoms with Gasteiger partial charge in [-0.15, -0.1) is 0 Å². The first-order valence-electron chi connectivity index (χ1n) is 5.80. The standard InChI is InChI=1S/C12H20N2O3S/c1-9(2)8-17-12-6-4-11(5-7-12)10(3)14-18(13,15)16/h4-7,9-10,14H,8H2,1-3H3,(H2,13,15,16). The number of benzene rings is 1. The molecule has 0 aliphatic rings. The van der Waals surface area contributed by atoms with Gasteiger partial charge in [0.25, 0.3) is 10.2 Å². The van der Waals surface area contributed by atoms with E-state index in [4.69, 9.17) is 9.88 Å². The van der Waals surface area contributed by atoms with Crippen molar-refractivity contribution in [2.45, 2.75) is 26.8 Å². The average molecular weight is 272 g/mol. The van der Waals surface area contributed by atoms with Crippen LogP contribution in [0.2, 0.25) is 0 Å². The SMILES string of the molecule is CC(C)COc1ccc(C(C)NS(N)(=O)=O)cc1. The fraction of sp³-hybridized carbons (Fsp3) is 0.500. The summed E-state index contributed by atoms with van der Waals surface area (Å²) in [4.78, 5) is 0. The van der Waals surface area contributed by atoms with Crippen LogP contribution in [0.4, 0.5) is 0 Å². The lowest BCUT2D eigenvalue weighted by molar-refractivity contribution is 0.271. The van der Waals surface area contributed by atoms with E-state index < -0.39 is 10.2 Å². The van der Waals surface area contributed by atoms with Crippen LogP contribution >= 0.6 is 0 Å². The molecule has 0 aliphatic carbocycles. The van der Waals surface area contributed by atoms with Crippen molar-refractivity contribution in [2.75, 3.05) is 6.61 Å². The number of hydrogen-bond acceptors (Lipinski definition) is 3. The Hall–Kier alpha value is -1.11. The van der Waals surface area contributed by atoms with Crippen molar-refractivity contribution in [1.82, 2.24) is 4.72 Å². The molecular weight excluding hydrogens is 252 g/mol. The summed E-state index contributed by atoms with van der Waals surface area (Å²) in [5, 5.41) is 4.92. The van der Waals surface area contributed by atoms with Crippen LogP contribution < -0.4 is 14.6 Å². The molecule has 1 atom stereocenters. The van der Waals surface area contributed by atoms with Crippen LogP contribution in [0.1, 0.15) is 32.4 Å². The van der Waals surface area contributed by atoms with Gasteiger partial charge in [-0.3, -0.25) is 0 Å². The fourth-order valence-corrected chi connectivity index (χ4v) is 2.06. The third-order valence-electron chi connectivity index (χ3n) is 2.30. The van der Waals surface area contributed by atoms with Crippen LogP contribution in [0.15, 0.2) is 24.3 Å². The zero-order valence-corrected chi connectivity index (χ0v) is 11.7. The van der Waals surface area contributed by atoms with Crippen molar-refractivity contribution in [2.24, 2.45) is 11.1 Å². The maximum atomic E-state index is 10.9. The molecule has 0 spiro atoms. The van der Waals surface area contributed by atoms with Crippen molar-refractivity contribution < 1.29 is 13.2 Å². The third kappa shape index (κ3) is 5.48. The molecule has 1 aromatic rings. The zero-order chi connectivity index (χ0) is 13.8. The largest absolute Gasteiger partial charge is 0.493 e. The highest BCUT2D eigenvalue weighted by Crippen LogP contribution is 2.18. The molecule has 3 N–H and O–H groups in total. The summed E-state index contributed by atoms with van der Waals surface area (Å²) in [6.45, 7) is 6.54. The van der Waals surface area contributed by atoms with Crippen molar-refractivity contribution in [3.8, 4) is 5.75 Å². The van der Waals surface area contributed by atoms with Gasteiger partial charge >= 0.3 is 0 Å². The molecular formula is C12H20N2O3S. The highest BCUT2D eigenvalue weighted by atomic mass is 32.2. The molecule has 102 valence electrons. The Morgan fingerprint density at radius 1 is 1.22 bits per heavy atom. The number of rotatable bonds is 6. The molecule has 1 rings (SSSR count). The maximum Gasteiger partial charge on any atom is 0.274 e. The van der Waals surface area contributed by atoms with E-state index in [2.05, 4.69) is 18.6 Å². The molecule has 0 aromatic heterocycles. The monoisotopic (exact) mass is 272 g/mol. The van der Waals surface area contributed by atoms with Gasteiger partial charge in [0, 0.05) is 6.04 Å². The number of nitrogens with two attached hydrogens (primary N) is 1. The summed E-state index contributed by atoms with van der Waals surface area (Å²) in [5.41, 5.74) is 0.834. The molecule has 6 heteroatoms. The number of ether oxygens (including phenoxy) is 1. The molecule has 0 radical (unpaired) electrons. The van der Waals surface area contributed by atoms with Crippen molar-refractivity contribution in [3.05, 3.63) is 29.8 Å². The molecule has 0 bridgehead atoms. The second-order valence-corrected chi connectivity index (χ2v) is 5.98. The van der Waals surface area contributed by atoms with E-state index in [1.807, 2.05) is 24.3 Å². The van der Waals surface area contributed by atoms with E-state index in [1.54, 1.807) is 6.92 Å². The van der Waals surface area contributed by atoms with Gasteiger partial charge in [-0.1, -0.05) is 26.0 Å². The molecule has 1 aromatic carbocycles. The molecule has 0 aliphatic heterocycles. The third-order valence-corrected chi connectivity index (χ3v) is 2.99. The molecule has 1 unspecified atom stereocenters. The fourth-order valence-electron chi connectivity index (χ4n) is 1.43. The van der Waals surface area contributed by atoms with Crippen LogP contribution in [-0.2, 0) is 10.2 Å². The van der Waals surface area contributed by atoms with Crippen LogP contribution in [-0.4, -0.2) is 15.0 Å². The van der Waals surface area contributed by atoms with Gasteiger partial charge in [-0.05, 0) is 30.5 Å². The Morgan fingerprint density at radius 3 is 2.22 bits per heavy atom. The molecule has 0 amide bonds. The highest BCUT2D eigenvalue weighted by Gasteiger charge is 2.11. The molecule has 5 nitrogen and oxygen atoms in total. The highest BCUT2D eigenvalue weighted by molar-refractivity contribution is 7.87. The van der Waals surface area contributed by atoms with Crippen LogP contribution in [0.3, 0.4) is 0 Å². The topological polar surface area (TPSA) is 81.4 Å². The van der Waals surface area contributed by atoms with Gasteiger partial charge in [0.05, 0.1) is 6.61 Å². The minimum atomic E-state index is -3.68. The lowest BCUT2D eigenvalue weighted by atomic mass is 10.1. The van der Waals surface area contributed by atoms with Crippen LogP contribution in [0, 0.1) is 5.92 Å². The van der Waals surface area contributed by atoms with E-state index in [1.165, 1.54) is 0 Å². The number of nitrogens with one attached hydrogen (secondary N) is 1. The minimum absolute atomic E-state index is 0.362. The predicted molar refractivity (Wildman–Crippen MR) is 71.4 cm³/mol. The first-order chi connectivity index (χ1) is 8.28. The van der Waals surface area contributed by atoms with E-state index >= 15 is 0 Å². The van der Waals surface area contributed by atoms with Gasteiger partial charge < -0.3 is 4.74 Å². The Labute approximate surface area is 109 Å². The summed E-state index contributed by atoms with van der Waals surface area (Å²) in [7, 11) is -3.68. The summed E-state index contributed by atoms with van der Waals surface area (Å²) < 4.78 is 29.7. The summed E-state index contributed by atoms with van der Waals surface area (Å²) in [6, 6.07) is 6.91. The van der Waals surface area contributed by atoms with Gasteiger partial charge in [0.2, 0.25) is 0 Å². The predicted octanol–water partition coefficient (Wildman–Crippen LogP) is 1.58. The van der Waals surface area contributed by atoms with Gasteiger partial charge in [0.15, 0.2) is 0 Å². The molecule has 0 heterocycles. The minimum Gasteiger partial charge on any atom is -0.493 e. The van der Waals surface area contributed by atoms with Crippen molar-refractivity contribution in [3.63, 3.8) is 0 Å². The zero-order valence-electron chi connectivity index (χ0n) is 10.9. The second kappa shape index (κ2) is 6.17. The Kier molecular flexibility index (Phi) is 5.13. The van der Waals surface area contributed by atoms with E-state index in [9.17, 15) is 8.42 Å². The molecule has 18 heavy (non-hydrogen) atoms. The van der Waals surface area contributed by atoms with E-state index in [-0.39, 0.29) is 6.04 Å². The normalized spacial score (nSPS) is 13.6. The lowest BCUT2D eigenvalue weighted by Crippen LogP contribution is -2.32. The van der Waals surface area contributed by atoms with Crippen LogP contribution in [0.25, 0.3) is 0 Å². The first-order valence-corrected chi connectivity index (χ1v) is 7.35. The Balaban J connectivity index is 2.65. The molecule has 0 saturated carbocycles. The van der Waals surface area contributed by atoms with Gasteiger partial charge in [-0.2, -0.15) is 13.1 Å². The molecule has 0 saturated heterocycles. The quantitative estimate of drug-likeness (QED) is 0.825. The lowest BCUT2D eigenvalue weighted by Gasteiger charge is -2.13. The number of hydrogen-bond donors (Lipinski definition) is 2. The van der Waals surface area contributed by atoms with Gasteiger partial charge in [-0.25, -0.2) is 5.14 Å². The summed E-state index contributed by atoms with van der Waals surface area (Å²) in [5.74, 6) is 1.24. The molecule has 0 fully saturated rings. The Morgan fingerprint density at radius 2 is 1.78 bits per heavy atom. The summed E-state index contributed by atoms with van der Waals surface area (Å²) >= 11 is 0. The second-order valence-electron chi connectivity index (χ2n) is 4.66. The van der Waals surface area contributed by atoms with Crippen molar-refractivity contribution in [1.29, 1.82) is 0 Å². The van der Waals surface area contributed by atoms with Crippen molar-refractivity contribution >= 4 is 10.2 Å². The first kappa shape index (κ1) is 14.9. The van der Waals surface area contributed by atoms with Gasteiger partial charge in [0.1, 0.15) is 5.75 Å². The van der Waals surface area contributed by atoms with E-state index in [0.717, 1.165) is 11.3 Å². The van der Waals surface area contributed by atoms with Crippen LogP contribution in [0.5, 0.6) is 5.75 Å². The smallest absolute Gasteiger partial charge is 0.274 e. The Bertz CT molecular complexity index is 469. The maximum absolute atomic E-state index is 10.9. The van der Waals surface area contributed by atoms with E-state index in [0.29, 0.717) is 12.5 Å². The average Bonchev–Trinajstić information content (AvgIpc) is 2.24.